The fraction of sp³-hybridized carbons (Fsp3) is 0.800. The van der Waals surface area contributed by atoms with Gasteiger partial charge < -0.3 is 14.4 Å². The van der Waals surface area contributed by atoms with E-state index in [4.69, 9.17) is 4.74 Å². The van der Waals surface area contributed by atoms with Crippen molar-refractivity contribution < 1.29 is 19.1 Å². The molecule has 2 fully saturated rings. The first-order valence-electron chi connectivity index (χ1n) is 5.02. The molecule has 2 rings (SSSR count). The lowest BCUT2D eigenvalue weighted by Crippen LogP contribution is -2.45. The van der Waals surface area contributed by atoms with E-state index in [-0.39, 0.29) is 11.9 Å². The van der Waals surface area contributed by atoms with Crippen molar-refractivity contribution in [1.82, 2.24) is 4.90 Å². The zero-order valence-electron chi connectivity index (χ0n) is 9.15. The molecule has 5 nitrogen and oxygen atoms in total. The quantitative estimate of drug-likeness (QED) is 0.459. The van der Waals surface area contributed by atoms with Gasteiger partial charge in [-0.1, -0.05) is 0 Å². The van der Waals surface area contributed by atoms with Crippen LogP contribution in [-0.4, -0.2) is 42.3 Å². The first-order valence-corrected chi connectivity index (χ1v) is 5.02. The van der Waals surface area contributed by atoms with E-state index in [2.05, 4.69) is 4.74 Å². The molecule has 0 bridgehead atoms. The maximum atomic E-state index is 11.9. The highest BCUT2D eigenvalue weighted by Gasteiger charge is 2.54. The molecule has 84 valence electrons. The maximum Gasteiger partial charge on any atom is 0.318 e. The van der Waals surface area contributed by atoms with E-state index in [1.165, 1.54) is 7.11 Å². The average molecular weight is 213 g/mol. The fourth-order valence-corrected chi connectivity index (χ4v) is 2.38. The van der Waals surface area contributed by atoms with Crippen LogP contribution in [-0.2, 0) is 19.1 Å². The number of nitrogens with zero attached hydrogens (tertiary/aromatic N) is 1. The van der Waals surface area contributed by atoms with Gasteiger partial charge in [0.05, 0.1) is 19.8 Å². The van der Waals surface area contributed by atoms with Crippen molar-refractivity contribution in [3.63, 3.8) is 0 Å². The Kier molecular flexibility index (Phi) is 2.22. The van der Waals surface area contributed by atoms with Crippen LogP contribution in [0.1, 0.15) is 20.3 Å². The van der Waals surface area contributed by atoms with E-state index in [0.29, 0.717) is 13.0 Å². The Morgan fingerprint density at radius 3 is 2.80 bits per heavy atom. The molecule has 15 heavy (non-hydrogen) atoms. The molecule has 2 atom stereocenters. The second-order valence-corrected chi connectivity index (χ2v) is 4.43. The molecule has 2 aliphatic heterocycles. The molecule has 2 heterocycles. The third kappa shape index (κ3) is 1.42. The van der Waals surface area contributed by atoms with Crippen LogP contribution in [0.25, 0.3) is 0 Å². The van der Waals surface area contributed by atoms with Crippen LogP contribution in [0.3, 0.4) is 0 Å². The molecule has 0 aromatic carbocycles. The molecule has 2 saturated heterocycles. The van der Waals surface area contributed by atoms with E-state index >= 15 is 0 Å². The van der Waals surface area contributed by atoms with Crippen LogP contribution in [0, 0.1) is 5.92 Å². The van der Waals surface area contributed by atoms with E-state index in [0.717, 1.165) is 0 Å². The highest BCUT2D eigenvalue weighted by Crippen LogP contribution is 2.38. The van der Waals surface area contributed by atoms with Crippen molar-refractivity contribution in [3.05, 3.63) is 0 Å². The summed E-state index contributed by atoms with van der Waals surface area (Å²) in [4.78, 5) is 25.0. The summed E-state index contributed by atoms with van der Waals surface area (Å²) >= 11 is 0. The van der Waals surface area contributed by atoms with Gasteiger partial charge in [-0.25, -0.2) is 0 Å². The van der Waals surface area contributed by atoms with E-state index in [9.17, 15) is 9.59 Å². The monoisotopic (exact) mass is 213 g/mol. The lowest BCUT2D eigenvalue weighted by molar-refractivity contribution is -0.155. The van der Waals surface area contributed by atoms with Crippen LogP contribution in [0.4, 0.5) is 0 Å². The molecule has 0 spiro atoms. The van der Waals surface area contributed by atoms with Gasteiger partial charge in [-0.3, -0.25) is 9.59 Å². The van der Waals surface area contributed by atoms with Gasteiger partial charge in [0.15, 0.2) is 0 Å². The van der Waals surface area contributed by atoms with Crippen molar-refractivity contribution in [1.29, 1.82) is 0 Å². The van der Waals surface area contributed by atoms with E-state index in [1.54, 1.807) is 4.90 Å². The van der Waals surface area contributed by atoms with E-state index in [1.807, 2.05) is 13.8 Å². The highest BCUT2D eigenvalue weighted by molar-refractivity contribution is 6.00. The van der Waals surface area contributed by atoms with Crippen LogP contribution in [0.5, 0.6) is 0 Å². The molecule has 0 N–H and O–H groups in total. The van der Waals surface area contributed by atoms with Crippen LogP contribution >= 0.6 is 0 Å². The molecule has 1 amide bonds. The number of amides is 1. The summed E-state index contributed by atoms with van der Waals surface area (Å²) in [5, 5.41) is 0. The molecule has 0 aromatic heterocycles. The number of carbonyl (C=O) groups excluding carboxylic acids is 2. The largest absolute Gasteiger partial charge is 0.468 e. The number of rotatable bonds is 1. The Morgan fingerprint density at radius 2 is 2.27 bits per heavy atom. The number of hydrogen-bond acceptors (Lipinski definition) is 4. The smallest absolute Gasteiger partial charge is 0.318 e. The highest BCUT2D eigenvalue weighted by atomic mass is 16.5. The minimum absolute atomic E-state index is 0.0246. The van der Waals surface area contributed by atoms with Crippen LogP contribution in [0.2, 0.25) is 0 Å². The van der Waals surface area contributed by atoms with Gasteiger partial charge in [-0.05, 0) is 20.3 Å². The minimum Gasteiger partial charge on any atom is -0.468 e. The molecule has 0 aromatic rings. The van der Waals surface area contributed by atoms with Gasteiger partial charge in [0.1, 0.15) is 11.6 Å². The second-order valence-electron chi connectivity index (χ2n) is 4.43. The number of hydrogen-bond donors (Lipinski definition) is 0. The van der Waals surface area contributed by atoms with Gasteiger partial charge in [0.2, 0.25) is 5.91 Å². The average Bonchev–Trinajstić information content (AvgIpc) is 2.66. The predicted octanol–water partition coefficient (Wildman–Crippen LogP) is 0.143. The Bertz CT molecular complexity index is 313. The SMILES string of the molecule is COC(=O)C1C[C@@H]2COC(C)(C)N2C1=O. The standard InChI is InChI=1S/C10H15NO4/c1-10(2)11-6(5-15-10)4-7(8(11)12)9(13)14-3/h6-7H,4-5H2,1-3H3/t6-,7?/m1/s1. The number of carbonyl (C=O) groups is 2. The summed E-state index contributed by atoms with van der Waals surface area (Å²) in [6.45, 7) is 4.18. The van der Waals surface area contributed by atoms with Gasteiger partial charge in [-0.15, -0.1) is 0 Å². The van der Waals surface area contributed by atoms with Crippen molar-refractivity contribution >= 4 is 11.9 Å². The Hall–Kier alpha value is -1.10. The molecule has 0 radical (unpaired) electrons. The molecule has 5 heteroatoms. The van der Waals surface area contributed by atoms with Crippen molar-refractivity contribution in [3.8, 4) is 0 Å². The Labute approximate surface area is 88.3 Å². The van der Waals surface area contributed by atoms with E-state index < -0.39 is 17.6 Å². The first-order chi connectivity index (χ1) is 6.97. The molecular formula is C10H15NO4. The Morgan fingerprint density at radius 1 is 1.60 bits per heavy atom. The maximum absolute atomic E-state index is 11.9. The number of ether oxygens (including phenoxy) is 2. The molecule has 2 aliphatic rings. The number of methoxy groups -OCH3 is 1. The van der Waals surface area contributed by atoms with Crippen molar-refractivity contribution in [2.75, 3.05) is 13.7 Å². The lowest BCUT2D eigenvalue weighted by Gasteiger charge is -2.29. The van der Waals surface area contributed by atoms with Crippen molar-refractivity contribution in [2.24, 2.45) is 5.92 Å². The van der Waals surface area contributed by atoms with Crippen LogP contribution < -0.4 is 0 Å². The predicted molar refractivity (Wildman–Crippen MR) is 50.8 cm³/mol. The van der Waals surface area contributed by atoms with Gasteiger partial charge in [-0.2, -0.15) is 0 Å². The number of fused-ring (bicyclic) bond motifs is 1. The third-order valence-corrected chi connectivity index (χ3v) is 3.10. The zero-order valence-corrected chi connectivity index (χ0v) is 9.15. The normalized spacial score (nSPS) is 33.0. The molecule has 0 aliphatic carbocycles. The minimum atomic E-state index is -0.636. The van der Waals surface area contributed by atoms with Gasteiger partial charge in [0.25, 0.3) is 0 Å². The number of esters is 1. The summed E-state index contributed by atoms with van der Waals surface area (Å²) in [7, 11) is 1.31. The Balaban J connectivity index is 2.21. The van der Waals surface area contributed by atoms with Gasteiger partial charge >= 0.3 is 5.97 Å². The van der Waals surface area contributed by atoms with Crippen molar-refractivity contribution in [2.45, 2.75) is 32.0 Å². The summed E-state index contributed by atoms with van der Waals surface area (Å²) in [6.07, 6.45) is 0.509. The third-order valence-electron chi connectivity index (χ3n) is 3.10. The zero-order chi connectivity index (χ0) is 11.2. The summed E-state index contributed by atoms with van der Waals surface area (Å²) in [6, 6.07) is 0.0246. The first kappa shape index (κ1) is 10.4. The topological polar surface area (TPSA) is 55.8 Å². The van der Waals surface area contributed by atoms with Crippen LogP contribution in [0.15, 0.2) is 0 Å². The fourth-order valence-electron chi connectivity index (χ4n) is 2.38. The summed E-state index contributed by atoms with van der Waals surface area (Å²) in [5.74, 6) is -1.25. The summed E-state index contributed by atoms with van der Waals surface area (Å²) < 4.78 is 10.1. The lowest BCUT2D eigenvalue weighted by atomic mass is 10.1. The molecular weight excluding hydrogens is 198 g/mol. The molecule has 1 unspecified atom stereocenters. The molecule has 0 saturated carbocycles. The second kappa shape index (κ2) is 3.20. The van der Waals surface area contributed by atoms with Gasteiger partial charge in [0, 0.05) is 0 Å². The summed E-state index contributed by atoms with van der Waals surface area (Å²) in [5.41, 5.74) is -0.593.